The molecule has 1 fully saturated rings. The Morgan fingerprint density at radius 3 is 2.53 bits per heavy atom. The number of aryl methyl sites for hydroxylation is 1. The summed E-state index contributed by atoms with van der Waals surface area (Å²) in [5, 5.41) is 2.68. The number of nitrogens with zero attached hydrogens (tertiary/aromatic N) is 1. The van der Waals surface area contributed by atoms with Gasteiger partial charge in [0.25, 0.3) is 5.91 Å². The highest BCUT2D eigenvalue weighted by atomic mass is 32.2. The molecule has 8 nitrogen and oxygen atoms in total. The molecule has 1 heterocycles. The minimum Gasteiger partial charge on any atom is -0.462 e. The lowest BCUT2D eigenvalue weighted by molar-refractivity contribution is 0.0527. The van der Waals surface area contributed by atoms with Crippen LogP contribution in [0, 0.1) is 6.92 Å². The van der Waals surface area contributed by atoms with Gasteiger partial charge in [0.1, 0.15) is 0 Å². The van der Waals surface area contributed by atoms with Gasteiger partial charge in [-0.25, -0.2) is 13.2 Å². The van der Waals surface area contributed by atoms with Crippen molar-refractivity contribution < 1.29 is 27.5 Å². The lowest BCUT2D eigenvalue weighted by atomic mass is 10.1. The number of para-hydroxylation sites is 1. The number of benzene rings is 2. The molecule has 0 radical (unpaired) electrons. The van der Waals surface area contributed by atoms with Crippen LogP contribution in [-0.2, 0) is 19.5 Å². The molecule has 2 aromatic carbocycles. The van der Waals surface area contributed by atoms with Crippen molar-refractivity contribution in [3.63, 3.8) is 0 Å². The van der Waals surface area contributed by atoms with Crippen LogP contribution in [0.4, 0.5) is 5.69 Å². The monoisotopic (exact) mass is 432 g/mol. The van der Waals surface area contributed by atoms with Gasteiger partial charge in [-0.2, -0.15) is 4.31 Å². The first-order valence-electron chi connectivity index (χ1n) is 9.60. The molecule has 0 atom stereocenters. The summed E-state index contributed by atoms with van der Waals surface area (Å²) in [6.45, 7) is 4.80. The van der Waals surface area contributed by atoms with E-state index in [2.05, 4.69) is 5.32 Å². The number of rotatable bonds is 6. The van der Waals surface area contributed by atoms with Gasteiger partial charge in [0, 0.05) is 18.7 Å². The van der Waals surface area contributed by atoms with E-state index in [-0.39, 0.29) is 35.7 Å². The van der Waals surface area contributed by atoms with Crippen LogP contribution >= 0.6 is 0 Å². The Kier molecular flexibility index (Phi) is 6.86. The molecule has 0 saturated carbocycles. The molecule has 160 valence electrons. The van der Waals surface area contributed by atoms with E-state index in [0.29, 0.717) is 24.5 Å². The third-order valence-corrected chi connectivity index (χ3v) is 6.75. The maximum atomic E-state index is 13.0. The highest BCUT2D eigenvalue weighted by Crippen LogP contribution is 2.24. The number of morpholine rings is 1. The molecule has 1 aliphatic heterocycles. The van der Waals surface area contributed by atoms with Crippen molar-refractivity contribution in [2.24, 2.45) is 0 Å². The summed E-state index contributed by atoms with van der Waals surface area (Å²) in [6.07, 6.45) is 0. The van der Waals surface area contributed by atoms with Crippen LogP contribution in [0.3, 0.4) is 0 Å². The zero-order chi connectivity index (χ0) is 21.7. The lowest BCUT2D eigenvalue weighted by Gasteiger charge is -2.26. The first kappa shape index (κ1) is 21.9. The molecule has 0 bridgehead atoms. The van der Waals surface area contributed by atoms with Gasteiger partial charge in [-0.1, -0.05) is 18.2 Å². The van der Waals surface area contributed by atoms with E-state index < -0.39 is 21.9 Å². The van der Waals surface area contributed by atoms with Crippen molar-refractivity contribution in [2.75, 3.05) is 38.2 Å². The first-order valence-corrected chi connectivity index (χ1v) is 11.0. The van der Waals surface area contributed by atoms with Gasteiger partial charge in [-0.3, -0.25) is 4.79 Å². The summed E-state index contributed by atoms with van der Waals surface area (Å²) < 4.78 is 37.7. The van der Waals surface area contributed by atoms with Gasteiger partial charge < -0.3 is 14.8 Å². The lowest BCUT2D eigenvalue weighted by Crippen LogP contribution is -2.40. The molecule has 30 heavy (non-hydrogen) atoms. The Balaban J connectivity index is 1.88. The Morgan fingerprint density at radius 1 is 1.13 bits per heavy atom. The number of esters is 1. The predicted molar refractivity (Wildman–Crippen MR) is 111 cm³/mol. The minimum atomic E-state index is -3.75. The van der Waals surface area contributed by atoms with Crippen molar-refractivity contribution in [3.05, 3.63) is 59.2 Å². The van der Waals surface area contributed by atoms with E-state index in [1.165, 1.54) is 10.4 Å². The van der Waals surface area contributed by atoms with Crippen LogP contribution in [0.1, 0.15) is 33.2 Å². The molecule has 1 saturated heterocycles. The van der Waals surface area contributed by atoms with Crippen LogP contribution in [0.25, 0.3) is 0 Å². The fraction of sp³-hybridized carbons (Fsp3) is 0.333. The summed E-state index contributed by atoms with van der Waals surface area (Å²) in [5.74, 6) is -1.07. The Bertz CT molecular complexity index is 1050. The predicted octanol–water partition coefficient (Wildman–Crippen LogP) is 2.44. The quantitative estimate of drug-likeness (QED) is 0.704. The second-order valence-electron chi connectivity index (χ2n) is 6.72. The highest BCUT2D eigenvalue weighted by molar-refractivity contribution is 7.89. The van der Waals surface area contributed by atoms with Gasteiger partial charge in [0.15, 0.2) is 0 Å². The Morgan fingerprint density at radius 2 is 1.83 bits per heavy atom. The zero-order valence-electron chi connectivity index (χ0n) is 16.9. The van der Waals surface area contributed by atoms with Crippen molar-refractivity contribution >= 4 is 27.6 Å². The molecule has 2 aromatic rings. The topological polar surface area (TPSA) is 102 Å². The number of sulfonamides is 1. The van der Waals surface area contributed by atoms with E-state index in [1.807, 2.05) is 0 Å². The molecule has 1 N–H and O–H groups in total. The van der Waals surface area contributed by atoms with Crippen LogP contribution in [0.2, 0.25) is 0 Å². The molecule has 1 amide bonds. The van der Waals surface area contributed by atoms with Crippen LogP contribution in [0.5, 0.6) is 0 Å². The van der Waals surface area contributed by atoms with Crippen molar-refractivity contribution in [2.45, 2.75) is 18.7 Å². The van der Waals surface area contributed by atoms with Crippen molar-refractivity contribution in [1.29, 1.82) is 0 Å². The standard InChI is InChI=1S/C21H24N2O6S/c1-3-29-21(25)17-6-4-5-7-18(17)22-20(24)16-9-8-15(2)19(14-16)30(26,27)23-10-12-28-13-11-23/h4-9,14H,3,10-13H2,1-2H3,(H,22,24). The maximum Gasteiger partial charge on any atom is 0.340 e. The molecular weight excluding hydrogens is 408 g/mol. The third kappa shape index (κ3) is 4.69. The largest absolute Gasteiger partial charge is 0.462 e. The van der Waals surface area contributed by atoms with Gasteiger partial charge in [0.2, 0.25) is 10.0 Å². The summed E-state index contributed by atoms with van der Waals surface area (Å²) in [7, 11) is -3.75. The molecule has 3 rings (SSSR count). The second kappa shape index (κ2) is 9.38. The molecule has 0 spiro atoms. The fourth-order valence-corrected chi connectivity index (χ4v) is 4.78. The Hall–Kier alpha value is -2.75. The van der Waals surface area contributed by atoms with Gasteiger partial charge in [-0.15, -0.1) is 0 Å². The Labute approximate surface area is 175 Å². The van der Waals surface area contributed by atoms with Crippen LogP contribution in [0.15, 0.2) is 47.4 Å². The first-order chi connectivity index (χ1) is 14.3. The number of amides is 1. The summed E-state index contributed by atoms with van der Waals surface area (Å²) in [6, 6.07) is 11.0. The van der Waals surface area contributed by atoms with Crippen molar-refractivity contribution in [3.8, 4) is 0 Å². The average Bonchev–Trinajstić information content (AvgIpc) is 2.75. The van der Waals surface area contributed by atoms with Crippen LogP contribution in [-0.4, -0.2) is 57.5 Å². The number of carbonyl (C=O) groups excluding carboxylic acids is 2. The SMILES string of the molecule is CCOC(=O)c1ccccc1NC(=O)c1ccc(C)c(S(=O)(=O)N2CCOCC2)c1. The molecular formula is C21H24N2O6S. The smallest absolute Gasteiger partial charge is 0.340 e. The second-order valence-corrected chi connectivity index (χ2v) is 8.62. The number of nitrogens with one attached hydrogen (secondary N) is 1. The van der Waals surface area contributed by atoms with E-state index in [9.17, 15) is 18.0 Å². The van der Waals surface area contributed by atoms with Gasteiger partial charge >= 0.3 is 5.97 Å². The summed E-state index contributed by atoms with van der Waals surface area (Å²) >= 11 is 0. The fourth-order valence-electron chi connectivity index (χ4n) is 3.12. The molecule has 1 aliphatic rings. The normalized spacial score (nSPS) is 14.9. The number of ether oxygens (including phenoxy) is 2. The number of hydrogen-bond donors (Lipinski definition) is 1. The minimum absolute atomic E-state index is 0.0794. The number of anilines is 1. The molecule has 0 aromatic heterocycles. The van der Waals surface area contributed by atoms with Gasteiger partial charge in [0.05, 0.1) is 36.0 Å². The highest BCUT2D eigenvalue weighted by Gasteiger charge is 2.28. The average molecular weight is 432 g/mol. The van der Waals surface area contributed by atoms with E-state index in [0.717, 1.165) is 0 Å². The van der Waals surface area contributed by atoms with E-state index >= 15 is 0 Å². The summed E-state index contributed by atoms with van der Waals surface area (Å²) in [4.78, 5) is 25.0. The summed E-state index contributed by atoms with van der Waals surface area (Å²) in [5.41, 5.74) is 1.23. The maximum absolute atomic E-state index is 13.0. The zero-order valence-corrected chi connectivity index (χ0v) is 17.7. The van der Waals surface area contributed by atoms with Gasteiger partial charge in [-0.05, 0) is 43.7 Å². The van der Waals surface area contributed by atoms with Crippen LogP contribution < -0.4 is 5.32 Å². The molecule has 0 unspecified atom stereocenters. The van der Waals surface area contributed by atoms with E-state index in [1.54, 1.807) is 50.2 Å². The molecule has 9 heteroatoms. The number of carbonyl (C=O) groups is 2. The van der Waals surface area contributed by atoms with E-state index in [4.69, 9.17) is 9.47 Å². The third-order valence-electron chi connectivity index (χ3n) is 4.71. The number of hydrogen-bond acceptors (Lipinski definition) is 6. The van der Waals surface area contributed by atoms with Crippen molar-refractivity contribution in [1.82, 2.24) is 4.31 Å². The molecule has 0 aliphatic carbocycles.